The molecule has 11 heteroatoms. The molecule has 1 amide bonds. The van der Waals surface area contributed by atoms with Crippen molar-refractivity contribution in [3.8, 4) is 0 Å². The van der Waals surface area contributed by atoms with E-state index in [0.717, 1.165) is 21.5 Å². The van der Waals surface area contributed by atoms with Gasteiger partial charge in [-0.2, -0.15) is 0 Å². The summed E-state index contributed by atoms with van der Waals surface area (Å²) < 4.78 is 2.65. The van der Waals surface area contributed by atoms with Gasteiger partial charge in [-0.05, 0) is 24.3 Å². The molecular weight excluding hydrogens is 474 g/mol. The molecule has 0 fully saturated rings. The van der Waals surface area contributed by atoms with Gasteiger partial charge < -0.3 is 10.2 Å². The third-order valence-corrected chi connectivity index (χ3v) is 6.52. The zero-order chi connectivity index (χ0) is 21.0. The first-order valence-electron chi connectivity index (χ1n) is 8.81. The topological polar surface area (TPSA) is 110 Å². The van der Waals surface area contributed by atoms with Crippen LogP contribution in [-0.4, -0.2) is 22.1 Å². The lowest BCUT2D eigenvalue weighted by Crippen LogP contribution is -2.43. The second kappa shape index (κ2) is 6.89. The van der Waals surface area contributed by atoms with Crippen LogP contribution in [0, 0.1) is 10.1 Å². The Hall–Kier alpha value is -3.31. The molecule has 0 radical (unpaired) electrons. The molecule has 0 aliphatic carbocycles. The van der Waals surface area contributed by atoms with E-state index in [9.17, 15) is 19.7 Å². The van der Waals surface area contributed by atoms with Crippen molar-refractivity contribution < 1.29 is 9.72 Å². The van der Waals surface area contributed by atoms with Crippen LogP contribution in [-0.2, 0) is 11.5 Å². The number of anilines is 2. The summed E-state index contributed by atoms with van der Waals surface area (Å²) in [6, 6.07) is 11.8. The summed E-state index contributed by atoms with van der Waals surface area (Å²) in [5.41, 5.74) is 1.37. The molecule has 0 bridgehead atoms. The molecule has 150 valence electrons. The van der Waals surface area contributed by atoms with Crippen LogP contribution in [0.25, 0.3) is 5.57 Å². The second-order valence-corrected chi connectivity index (χ2v) is 8.62. The third kappa shape index (κ3) is 2.94. The molecule has 9 nitrogen and oxygen atoms in total. The number of benzene rings is 2. The van der Waals surface area contributed by atoms with E-state index < -0.39 is 10.8 Å². The summed E-state index contributed by atoms with van der Waals surface area (Å²) in [7, 11) is 0. The number of aromatic nitrogens is 1. The molecule has 2 aliphatic rings. The van der Waals surface area contributed by atoms with Crippen molar-refractivity contribution in [1.82, 2.24) is 4.57 Å². The predicted octanol–water partition coefficient (Wildman–Crippen LogP) is 1.79. The van der Waals surface area contributed by atoms with E-state index in [1.807, 2.05) is 29.2 Å². The maximum absolute atomic E-state index is 13.2. The van der Waals surface area contributed by atoms with Gasteiger partial charge in [-0.1, -0.05) is 33.3 Å². The fourth-order valence-corrected chi connectivity index (χ4v) is 4.94. The van der Waals surface area contributed by atoms with Gasteiger partial charge in [-0.15, -0.1) is 0 Å². The van der Waals surface area contributed by atoms with E-state index in [-0.39, 0.29) is 21.4 Å². The molecule has 30 heavy (non-hydrogen) atoms. The summed E-state index contributed by atoms with van der Waals surface area (Å²) in [5.74, 6) is -0.453. The maximum Gasteiger partial charge on any atom is 0.272 e. The lowest BCUT2D eigenvalue weighted by atomic mass is 10.1. The zero-order valence-corrected chi connectivity index (χ0v) is 17.6. The fourth-order valence-electron chi connectivity index (χ4n) is 3.49. The lowest BCUT2D eigenvalue weighted by molar-refractivity contribution is -0.384. The van der Waals surface area contributed by atoms with Crippen LogP contribution in [0.15, 0.2) is 56.7 Å². The molecule has 3 aromatic rings. The monoisotopic (exact) mass is 485 g/mol. The molecule has 1 aromatic heterocycles. The molecule has 1 N–H and O–H groups in total. The Morgan fingerprint density at radius 3 is 2.80 bits per heavy atom. The highest BCUT2D eigenvalue weighted by molar-refractivity contribution is 9.10. The highest BCUT2D eigenvalue weighted by Gasteiger charge is 2.29. The number of carbonyl (C=O) groups is 1. The molecule has 2 aromatic carbocycles. The van der Waals surface area contributed by atoms with Gasteiger partial charge in [0.15, 0.2) is 4.80 Å². The Morgan fingerprint density at radius 1 is 1.20 bits per heavy atom. The van der Waals surface area contributed by atoms with Crippen LogP contribution >= 0.6 is 27.3 Å². The number of fused-ring (bicyclic) bond motifs is 2. The van der Waals surface area contributed by atoms with Gasteiger partial charge in [-0.25, -0.2) is 4.99 Å². The summed E-state index contributed by atoms with van der Waals surface area (Å²) in [6.45, 7) is 0.667. The molecule has 0 saturated carbocycles. The number of nitro groups is 1. The average Bonchev–Trinajstić information content (AvgIpc) is 3.22. The van der Waals surface area contributed by atoms with Gasteiger partial charge in [0.25, 0.3) is 17.2 Å². The number of nitrogens with one attached hydrogen (secondary N) is 1. The summed E-state index contributed by atoms with van der Waals surface area (Å²) in [6.07, 6.45) is 0. The maximum atomic E-state index is 13.2. The van der Waals surface area contributed by atoms with Crippen LogP contribution in [0.2, 0.25) is 0 Å². The van der Waals surface area contributed by atoms with Gasteiger partial charge in [0.2, 0.25) is 0 Å². The Kier molecular flexibility index (Phi) is 4.29. The standard InChI is InChI=1S/C19H12BrN5O4S/c20-10-2-1-3-11(6-10)23-8-21-19-24(9-23)18(27)16(30-19)15-13-7-12(25(28)29)4-5-14(13)22-17(15)26/h1-7H,8-9H2,(H,22,26). The van der Waals surface area contributed by atoms with Crippen molar-refractivity contribution in [2.45, 2.75) is 6.67 Å². The smallest absolute Gasteiger partial charge is 0.272 e. The van der Waals surface area contributed by atoms with E-state index in [4.69, 9.17) is 0 Å². The molecule has 3 heterocycles. The van der Waals surface area contributed by atoms with Gasteiger partial charge in [0, 0.05) is 33.5 Å². The number of hydrogen-bond donors (Lipinski definition) is 1. The Balaban J connectivity index is 1.66. The minimum atomic E-state index is -0.530. The van der Waals surface area contributed by atoms with Gasteiger partial charge in [0.1, 0.15) is 17.9 Å². The molecule has 0 atom stereocenters. The molecule has 5 rings (SSSR count). The third-order valence-electron chi connectivity index (χ3n) is 4.91. The average molecular weight is 486 g/mol. The van der Waals surface area contributed by atoms with Crippen molar-refractivity contribution in [1.29, 1.82) is 0 Å². The predicted molar refractivity (Wildman–Crippen MR) is 115 cm³/mol. The number of rotatable bonds is 2. The van der Waals surface area contributed by atoms with Crippen molar-refractivity contribution in [3.05, 3.63) is 82.3 Å². The minimum absolute atomic E-state index is 0.144. The number of halogens is 1. The highest BCUT2D eigenvalue weighted by Crippen LogP contribution is 2.33. The van der Waals surface area contributed by atoms with E-state index in [1.54, 1.807) is 0 Å². The van der Waals surface area contributed by atoms with E-state index in [0.29, 0.717) is 29.4 Å². The first-order chi connectivity index (χ1) is 14.4. The molecule has 0 spiro atoms. The Labute approximate surface area is 180 Å². The first kappa shape index (κ1) is 18.7. The summed E-state index contributed by atoms with van der Waals surface area (Å²) in [5, 5.41) is 13.8. The van der Waals surface area contributed by atoms with Crippen molar-refractivity contribution in [3.63, 3.8) is 0 Å². The largest absolute Gasteiger partial charge is 0.334 e. The lowest BCUT2D eigenvalue weighted by Gasteiger charge is -2.25. The van der Waals surface area contributed by atoms with Crippen LogP contribution in [0.3, 0.4) is 0 Å². The molecule has 0 unspecified atom stereocenters. The van der Waals surface area contributed by atoms with Crippen molar-refractivity contribution in [2.75, 3.05) is 16.9 Å². The molecule has 0 saturated heterocycles. The van der Waals surface area contributed by atoms with Crippen LogP contribution < -0.4 is 25.1 Å². The molecular formula is C19H12BrN5O4S. The molecule has 2 aliphatic heterocycles. The summed E-state index contributed by atoms with van der Waals surface area (Å²) >= 11 is 4.56. The zero-order valence-electron chi connectivity index (χ0n) is 15.2. The van der Waals surface area contributed by atoms with Crippen LogP contribution in [0.1, 0.15) is 5.56 Å². The SMILES string of the molecule is O=C1Nc2ccc([N+](=O)[O-])cc2C1=c1sc2n(c1=O)CN(c1cccc(Br)c1)CN=2. The Bertz CT molecular complexity index is 1430. The van der Waals surface area contributed by atoms with Crippen LogP contribution in [0.4, 0.5) is 17.1 Å². The van der Waals surface area contributed by atoms with Crippen molar-refractivity contribution in [2.24, 2.45) is 4.99 Å². The number of nitro benzene ring substituents is 1. The number of hydrogen-bond acceptors (Lipinski definition) is 7. The summed E-state index contributed by atoms with van der Waals surface area (Å²) in [4.78, 5) is 43.3. The number of nitrogens with zero attached hydrogens (tertiary/aromatic N) is 4. The fraction of sp³-hybridized carbons (Fsp3) is 0.105. The van der Waals surface area contributed by atoms with Gasteiger partial charge >= 0.3 is 0 Å². The van der Waals surface area contributed by atoms with Crippen molar-refractivity contribution >= 4 is 55.8 Å². The number of thiazole rings is 1. The number of non-ortho nitro benzene ring substituents is 1. The van der Waals surface area contributed by atoms with E-state index >= 15 is 0 Å². The van der Waals surface area contributed by atoms with E-state index in [2.05, 4.69) is 26.2 Å². The number of carbonyl (C=O) groups excluding carboxylic acids is 1. The van der Waals surface area contributed by atoms with E-state index in [1.165, 1.54) is 22.8 Å². The number of amides is 1. The van der Waals surface area contributed by atoms with Gasteiger partial charge in [0.05, 0.1) is 10.5 Å². The highest BCUT2D eigenvalue weighted by atomic mass is 79.9. The Morgan fingerprint density at radius 2 is 2.03 bits per heavy atom. The second-order valence-electron chi connectivity index (χ2n) is 6.72. The van der Waals surface area contributed by atoms with Gasteiger partial charge in [-0.3, -0.25) is 24.3 Å². The normalized spacial score (nSPS) is 16.6. The minimum Gasteiger partial charge on any atom is -0.334 e. The first-order valence-corrected chi connectivity index (χ1v) is 10.4. The quantitative estimate of drug-likeness (QED) is 0.439. The van der Waals surface area contributed by atoms with Crippen LogP contribution in [0.5, 0.6) is 0 Å².